The number of nitrogens with zero attached hydrogens (tertiary/aromatic N) is 1. The number of amides is 1. The van der Waals surface area contributed by atoms with Crippen molar-refractivity contribution in [1.29, 1.82) is 0 Å². The number of fused-ring (bicyclic) bond motifs is 1. The summed E-state index contributed by atoms with van der Waals surface area (Å²) < 4.78 is 5.14. The molecule has 3 aromatic rings. The van der Waals surface area contributed by atoms with E-state index in [1.807, 2.05) is 24.3 Å². The maximum atomic E-state index is 11.9. The summed E-state index contributed by atoms with van der Waals surface area (Å²) >= 11 is 0. The number of aromatic nitrogens is 2. The van der Waals surface area contributed by atoms with Crippen molar-refractivity contribution < 1.29 is 9.21 Å². The fourth-order valence-corrected chi connectivity index (χ4v) is 2.29. The highest BCUT2D eigenvalue weighted by molar-refractivity contribution is 5.93. The molecule has 3 rings (SSSR count). The SMILES string of the molecule is NCc1cc(C(=O)NCCCc2nc3ccccc3[nH]2)co1. The Morgan fingerprint density at radius 3 is 3.00 bits per heavy atom. The van der Waals surface area contributed by atoms with E-state index in [2.05, 4.69) is 15.3 Å². The third kappa shape index (κ3) is 3.17. The summed E-state index contributed by atoms with van der Waals surface area (Å²) in [6, 6.07) is 9.58. The second-order valence-electron chi connectivity index (χ2n) is 5.07. The molecule has 0 saturated carbocycles. The van der Waals surface area contributed by atoms with E-state index >= 15 is 0 Å². The van der Waals surface area contributed by atoms with Crippen LogP contribution in [0.2, 0.25) is 0 Å². The van der Waals surface area contributed by atoms with E-state index in [0.29, 0.717) is 24.4 Å². The molecule has 22 heavy (non-hydrogen) atoms. The largest absolute Gasteiger partial charge is 0.467 e. The molecule has 0 aliphatic carbocycles. The molecule has 0 unspecified atom stereocenters. The molecule has 0 saturated heterocycles. The third-order valence-electron chi connectivity index (χ3n) is 3.43. The summed E-state index contributed by atoms with van der Waals surface area (Å²) in [7, 11) is 0. The van der Waals surface area contributed by atoms with E-state index in [4.69, 9.17) is 10.2 Å². The van der Waals surface area contributed by atoms with Gasteiger partial charge in [0, 0.05) is 13.0 Å². The minimum Gasteiger partial charge on any atom is -0.467 e. The zero-order valence-electron chi connectivity index (χ0n) is 12.1. The van der Waals surface area contributed by atoms with Gasteiger partial charge in [0.05, 0.1) is 23.1 Å². The number of aromatic amines is 1. The van der Waals surface area contributed by atoms with Crippen molar-refractivity contribution in [3.63, 3.8) is 0 Å². The maximum Gasteiger partial charge on any atom is 0.254 e. The molecule has 0 radical (unpaired) electrons. The number of imidazole rings is 1. The van der Waals surface area contributed by atoms with E-state index in [1.165, 1.54) is 6.26 Å². The van der Waals surface area contributed by atoms with Gasteiger partial charge in [0.1, 0.15) is 17.8 Å². The van der Waals surface area contributed by atoms with E-state index in [0.717, 1.165) is 29.7 Å². The number of carbonyl (C=O) groups is 1. The summed E-state index contributed by atoms with van der Waals surface area (Å²) in [5.41, 5.74) is 7.95. The highest BCUT2D eigenvalue weighted by Crippen LogP contribution is 2.11. The Kier molecular flexibility index (Phi) is 4.20. The molecular formula is C16H18N4O2. The quantitative estimate of drug-likeness (QED) is 0.606. The van der Waals surface area contributed by atoms with Gasteiger partial charge in [0.25, 0.3) is 5.91 Å². The molecule has 6 heteroatoms. The van der Waals surface area contributed by atoms with Crippen LogP contribution in [0.5, 0.6) is 0 Å². The zero-order valence-corrected chi connectivity index (χ0v) is 12.1. The van der Waals surface area contributed by atoms with Gasteiger partial charge in [-0.2, -0.15) is 0 Å². The topological polar surface area (TPSA) is 96.9 Å². The van der Waals surface area contributed by atoms with Crippen LogP contribution in [0, 0.1) is 0 Å². The average Bonchev–Trinajstić information content (AvgIpc) is 3.17. The van der Waals surface area contributed by atoms with Gasteiger partial charge < -0.3 is 20.5 Å². The molecule has 4 N–H and O–H groups in total. The number of benzene rings is 1. The predicted octanol–water partition coefficient (Wildman–Crippen LogP) is 1.98. The number of carbonyl (C=O) groups excluding carboxylic acids is 1. The van der Waals surface area contributed by atoms with Gasteiger partial charge in [-0.3, -0.25) is 4.79 Å². The number of furan rings is 1. The Bertz CT molecular complexity index is 742. The number of H-pyrrole nitrogens is 1. The normalized spacial score (nSPS) is 11.0. The minimum absolute atomic E-state index is 0.145. The lowest BCUT2D eigenvalue weighted by Crippen LogP contribution is -2.24. The maximum absolute atomic E-state index is 11.9. The van der Waals surface area contributed by atoms with Crippen molar-refractivity contribution in [2.75, 3.05) is 6.54 Å². The molecule has 0 spiro atoms. The third-order valence-corrected chi connectivity index (χ3v) is 3.43. The van der Waals surface area contributed by atoms with Crippen molar-refractivity contribution in [2.24, 2.45) is 5.73 Å². The Balaban J connectivity index is 1.47. The fraction of sp³-hybridized carbons (Fsp3) is 0.250. The molecular weight excluding hydrogens is 280 g/mol. The molecule has 6 nitrogen and oxygen atoms in total. The van der Waals surface area contributed by atoms with Gasteiger partial charge >= 0.3 is 0 Å². The molecule has 1 aromatic carbocycles. The number of hydrogen-bond donors (Lipinski definition) is 3. The number of nitrogens with one attached hydrogen (secondary N) is 2. The highest BCUT2D eigenvalue weighted by Gasteiger charge is 2.09. The first kappa shape index (κ1) is 14.3. The summed E-state index contributed by atoms with van der Waals surface area (Å²) in [4.78, 5) is 19.7. The molecule has 114 valence electrons. The molecule has 2 heterocycles. The Hall–Kier alpha value is -2.60. The van der Waals surface area contributed by atoms with Crippen molar-refractivity contribution in [2.45, 2.75) is 19.4 Å². The lowest BCUT2D eigenvalue weighted by molar-refractivity contribution is 0.0952. The fourth-order valence-electron chi connectivity index (χ4n) is 2.29. The monoisotopic (exact) mass is 298 g/mol. The lowest BCUT2D eigenvalue weighted by Gasteiger charge is -2.02. The Labute approximate surface area is 127 Å². The average molecular weight is 298 g/mol. The van der Waals surface area contributed by atoms with Crippen LogP contribution >= 0.6 is 0 Å². The standard InChI is InChI=1S/C16H18N4O2/c17-9-12-8-11(10-22-12)16(21)18-7-3-6-15-19-13-4-1-2-5-14(13)20-15/h1-2,4-5,8,10H,3,6-7,9,17H2,(H,18,21)(H,19,20). The van der Waals surface area contributed by atoms with Gasteiger partial charge in [-0.15, -0.1) is 0 Å². The second kappa shape index (κ2) is 6.44. The number of rotatable bonds is 6. The first-order valence-corrected chi connectivity index (χ1v) is 7.25. The van der Waals surface area contributed by atoms with Crippen molar-refractivity contribution in [3.8, 4) is 0 Å². The Morgan fingerprint density at radius 1 is 1.36 bits per heavy atom. The van der Waals surface area contributed by atoms with Crippen molar-refractivity contribution in [3.05, 3.63) is 53.7 Å². The smallest absolute Gasteiger partial charge is 0.254 e. The van der Waals surface area contributed by atoms with Gasteiger partial charge in [0.15, 0.2) is 0 Å². The summed E-state index contributed by atoms with van der Waals surface area (Å²) in [5.74, 6) is 1.39. The molecule has 0 bridgehead atoms. The predicted molar refractivity (Wildman–Crippen MR) is 83.3 cm³/mol. The molecule has 1 amide bonds. The van der Waals surface area contributed by atoms with E-state index in [9.17, 15) is 4.79 Å². The van der Waals surface area contributed by atoms with Crippen LogP contribution in [0.25, 0.3) is 11.0 Å². The summed E-state index contributed by atoms with van der Waals surface area (Å²) in [6.45, 7) is 0.873. The van der Waals surface area contributed by atoms with Crippen molar-refractivity contribution >= 4 is 16.9 Å². The minimum atomic E-state index is -0.145. The number of hydrogen-bond acceptors (Lipinski definition) is 4. The van der Waals surface area contributed by atoms with Crippen LogP contribution in [-0.4, -0.2) is 22.4 Å². The number of para-hydroxylation sites is 2. The zero-order chi connectivity index (χ0) is 15.4. The van der Waals surface area contributed by atoms with Crippen LogP contribution in [0.1, 0.15) is 28.4 Å². The summed E-state index contributed by atoms with van der Waals surface area (Å²) in [5, 5.41) is 2.86. The van der Waals surface area contributed by atoms with Crippen LogP contribution in [0.3, 0.4) is 0 Å². The molecule has 0 aliphatic heterocycles. The molecule has 0 aliphatic rings. The van der Waals surface area contributed by atoms with Crippen molar-refractivity contribution in [1.82, 2.24) is 15.3 Å². The van der Waals surface area contributed by atoms with Crippen LogP contribution in [0.4, 0.5) is 0 Å². The van der Waals surface area contributed by atoms with Crippen LogP contribution < -0.4 is 11.1 Å². The first-order valence-electron chi connectivity index (χ1n) is 7.25. The van der Waals surface area contributed by atoms with Gasteiger partial charge in [-0.1, -0.05) is 12.1 Å². The van der Waals surface area contributed by atoms with Gasteiger partial charge in [0.2, 0.25) is 0 Å². The highest BCUT2D eigenvalue weighted by atomic mass is 16.3. The van der Waals surface area contributed by atoms with E-state index in [1.54, 1.807) is 6.07 Å². The number of nitrogens with two attached hydrogens (primary N) is 1. The molecule has 0 fully saturated rings. The summed E-state index contributed by atoms with van der Waals surface area (Å²) in [6.07, 6.45) is 3.03. The Morgan fingerprint density at radius 2 is 2.23 bits per heavy atom. The number of aryl methyl sites for hydroxylation is 1. The van der Waals surface area contributed by atoms with Crippen LogP contribution in [0.15, 0.2) is 41.0 Å². The second-order valence-corrected chi connectivity index (χ2v) is 5.07. The van der Waals surface area contributed by atoms with Gasteiger partial charge in [-0.05, 0) is 24.6 Å². The molecule has 0 atom stereocenters. The lowest BCUT2D eigenvalue weighted by atomic mass is 10.2. The van der Waals surface area contributed by atoms with E-state index in [-0.39, 0.29) is 5.91 Å². The molecule has 2 aromatic heterocycles. The van der Waals surface area contributed by atoms with Crippen LogP contribution in [-0.2, 0) is 13.0 Å². The van der Waals surface area contributed by atoms with E-state index < -0.39 is 0 Å². The first-order chi connectivity index (χ1) is 10.8. The van der Waals surface area contributed by atoms with Gasteiger partial charge in [-0.25, -0.2) is 4.98 Å².